The first-order valence-electron chi connectivity index (χ1n) is 7.16. The van der Waals surface area contributed by atoms with Crippen molar-refractivity contribution >= 4 is 47.4 Å². The van der Waals surface area contributed by atoms with E-state index in [0.717, 1.165) is 18.0 Å². The molecule has 0 aliphatic carbocycles. The molecule has 1 heterocycles. The third-order valence-corrected chi connectivity index (χ3v) is 3.43. The van der Waals surface area contributed by atoms with Crippen LogP contribution >= 0.6 is 35.6 Å². The van der Waals surface area contributed by atoms with Crippen molar-refractivity contribution in [3.8, 4) is 0 Å². The van der Waals surface area contributed by atoms with Crippen molar-refractivity contribution in [2.45, 2.75) is 13.0 Å². The molecule has 0 fully saturated rings. The third-order valence-electron chi connectivity index (χ3n) is 3.18. The van der Waals surface area contributed by atoms with Crippen molar-refractivity contribution in [3.05, 3.63) is 58.5 Å². The fourth-order valence-electron chi connectivity index (χ4n) is 1.97. The quantitative estimate of drug-likeness (QED) is 0.349. The third kappa shape index (κ3) is 6.40. The van der Waals surface area contributed by atoms with Gasteiger partial charge in [-0.3, -0.25) is 9.79 Å². The number of guanidine groups is 1. The predicted molar refractivity (Wildman–Crippen MR) is 106 cm³/mol. The minimum Gasteiger partial charge on any atom is -0.454 e. The molecule has 6 nitrogen and oxygen atoms in total. The van der Waals surface area contributed by atoms with Crippen molar-refractivity contribution in [1.29, 1.82) is 0 Å². The average Bonchev–Trinajstić information content (AvgIpc) is 3.01. The Morgan fingerprint density at radius 3 is 2.50 bits per heavy atom. The van der Waals surface area contributed by atoms with Gasteiger partial charge in [-0.1, -0.05) is 23.7 Å². The number of carbonyl (C=O) groups is 1. The Kier molecular flexibility index (Phi) is 8.62. The van der Waals surface area contributed by atoms with Crippen molar-refractivity contribution in [2.75, 3.05) is 13.6 Å². The number of nitrogens with two attached hydrogens (primary N) is 1. The summed E-state index contributed by atoms with van der Waals surface area (Å²) >= 11 is 5.86. The van der Waals surface area contributed by atoms with Crippen molar-refractivity contribution in [2.24, 2.45) is 10.7 Å². The second-order valence-corrected chi connectivity index (χ2v) is 5.30. The molecule has 0 saturated carbocycles. The van der Waals surface area contributed by atoms with Gasteiger partial charge in [0.1, 0.15) is 5.76 Å². The maximum atomic E-state index is 11.0. The summed E-state index contributed by atoms with van der Waals surface area (Å²) in [6, 6.07) is 11.0. The summed E-state index contributed by atoms with van der Waals surface area (Å²) in [5.74, 6) is 0.824. The Bertz CT molecular complexity index is 686. The zero-order valence-corrected chi connectivity index (χ0v) is 16.3. The van der Waals surface area contributed by atoms with E-state index in [9.17, 15) is 4.79 Å². The molecule has 1 amide bonds. The normalized spacial score (nSPS) is 10.8. The van der Waals surface area contributed by atoms with Gasteiger partial charge in [-0.25, -0.2) is 0 Å². The number of amides is 1. The van der Waals surface area contributed by atoms with Crippen LogP contribution in [0.2, 0.25) is 5.02 Å². The van der Waals surface area contributed by atoms with E-state index in [1.165, 1.54) is 5.56 Å². The van der Waals surface area contributed by atoms with E-state index in [-0.39, 0.29) is 29.7 Å². The Morgan fingerprint density at radius 1 is 1.21 bits per heavy atom. The van der Waals surface area contributed by atoms with E-state index in [1.54, 1.807) is 19.2 Å². The molecule has 0 aliphatic heterocycles. The van der Waals surface area contributed by atoms with Crippen LogP contribution in [0.1, 0.15) is 21.9 Å². The minimum atomic E-state index is -0.582. The van der Waals surface area contributed by atoms with Gasteiger partial charge in [0, 0.05) is 18.6 Å². The largest absolute Gasteiger partial charge is 0.454 e. The molecular weight excluding hydrogens is 443 g/mol. The standard InChI is InChI=1S/C16H19ClN4O2.HI/c1-19-16(20-9-8-11-2-4-12(17)5-3-11)21-10-13-6-7-14(23-13)15(18)22;/h2-7H,8-10H2,1H3,(H2,18,22)(H2,19,20,21);1H. The summed E-state index contributed by atoms with van der Waals surface area (Å²) in [7, 11) is 1.69. The second kappa shape index (κ2) is 10.2. The van der Waals surface area contributed by atoms with Crippen molar-refractivity contribution < 1.29 is 9.21 Å². The van der Waals surface area contributed by atoms with E-state index in [4.69, 9.17) is 21.8 Å². The summed E-state index contributed by atoms with van der Waals surface area (Å²) in [6.07, 6.45) is 0.852. The van der Waals surface area contributed by atoms with Crippen LogP contribution in [0.4, 0.5) is 0 Å². The number of hydrogen-bond donors (Lipinski definition) is 3. The summed E-state index contributed by atoms with van der Waals surface area (Å²) < 4.78 is 5.29. The lowest BCUT2D eigenvalue weighted by Crippen LogP contribution is -2.37. The monoisotopic (exact) mass is 462 g/mol. The number of rotatable bonds is 6. The van der Waals surface area contributed by atoms with Gasteiger partial charge < -0.3 is 20.8 Å². The topological polar surface area (TPSA) is 92.6 Å². The van der Waals surface area contributed by atoms with Crippen LogP contribution < -0.4 is 16.4 Å². The molecule has 2 rings (SSSR count). The van der Waals surface area contributed by atoms with Gasteiger partial charge in [-0.2, -0.15) is 0 Å². The first kappa shape index (κ1) is 20.3. The lowest BCUT2D eigenvalue weighted by Gasteiger charge is -2.11. The zero-order chi connectivity index (χ0) is 16.7. The Hall–Kier alpha value is -1.74. The lowest BCUT2D eigenvalue weighted by atomic mass is 10.1. The second-order valence-electron chi connectivity index (χ2n) is 4.86. The van der Waals surface area contributed by atoms with Gasteiger partial charge in [0.25, 0.3) is 5.91 Å². The van der Waals surface area contributed by atoms with Crippen LogP contribution in [0.3, 0.4) is 0 Å². The van der Waals surface area contributed by atoms with Crippen LogP contribution in [0.5, 0.6) is 0 Å². The highest BCUT2D eigenvalue weighted by Gasteiger charge is 2.07. The highest BCUT2D eigenvalue weighted by Crippen LogP contribution is 2.09. The molecule has 0 bridgehead atoms. The van der Waals surface area contributed by atoms with Crippen molar-refractivity contribution in [3.63, 3.8) is 0 Å². The minimum absolute atomic E-state index is 0. The average molecular weight is 463 g/mol. The number of furan rings is 1. The number of aliphatic imine (C=N–C) groups is 1. The maximum absolute atomic E-state index is 11.0. The molecule has 1 aromatic carbocycles. The highest BCUT2D eigenvalue weighted by molar-refractivity contribution is 14.0. The van der Waals surface area contributed by atoms with E-state index in [0.29, 0.717) is 18.3 Å². The maximum Gasteiger partial charge on any atom is 0.284 e. The van der Waals surface area contributed by atoms with Crippen LogP contribution in [0.15, 0.2) is 45.8 Å². The molecule has 0 radical (unpaired) electrons. The number of nitrogens with zero attached hydrogens (tertiary/aromatic N) is 1. The molecule has 0 saturated heterocycles. The smallest absolute Gasteiger partial charge is 0.284 e. The van der Waals surface area contributed by atoms with Crippen molar-refractivity contribution in [1.82, 2.24) is 10.6 Å². The molecule has 1 aromatic heterocycles. The number of halogens is 2. The number of hydrogen-bond acceptors (Lipinski definition) is 3. The molecule has 0 aliphatic rings. The van der Waals surface area contributed by atoms with Gasteiger partial charge in [0.05, 0.1) is 6.54 Å². The van der Waals surface area contributed by atoms with Gasteiger partial charge in [-0.05, 0) is 36.2 Å². The first-order valence-corrected chi connectivity index (χ1v) is 7.54. The molecule has 0 unspecified atom stereocenters. The molecule has 2 aromatic rings. The Morgan fingerprint density at radius 2 is 1.92 bits per heavy atom. The molecule has 0 atom stereocenters. The van der Waals surface area contributed by atoms with Crippen LogP contribution in [-0.2, 0) is 13.0 Å². The predicted octanol–water partition coefficient (Wildman–Crippen LogP) is 2.56. The van der Waals surface area contributed by atoms with E-state index in [2.05, 4.69) is 15.6 Å². The highest BCUT2D eigenvalue weighted by atomic mass is 127. The summed E-state index contributed by atoms with van der Waals surface area (Å²) in [5, 5.41) is 7.04. The van der Waals surface area contributed by atoms with Gasteiger partial charge >= 0.3 is 0 Å². The summed E-state index contributed by atoms with van der Waals surface area (Å²) in [5.41, 5.74) is 6.33. The Labute approximate surface area is 162 Å². The zero-order valence-electron chi connectivity index (χ0n) is 13.2. The van der Waals surface area contributed by atoms with Crippen LogP contribution in [0.25, 0.3) is 0 Å². The molecule has 130 valence electrons. The Balaban J connectivity index is 0.00000288. The number of carbonyl (C=O) groups excluding carboxylic acids is 1. The number of nitrogens with one attached hydrogen (secondary N) is 2. The van der Waals surface area contributed by atoms with E-state index < -0.39 is 5.91 Å². The van der Waals surface area contributed by atoms with E-state index >= 15 is 0 Å². The van der Waals surface area contributed by atoms with Crippen LogP contribution in [-0.4, -0.2) is 25.5 Å². The number of benzene rings is 1. The molecule has 8 heteroatoms. The van der Waals surface area contributed by atoms with Crippen LogP contribution in [0, 0.1) is 0 Å². The summed E-state index contributed by atoms with van der Waals surface area (Å²) in [4.78, 5) is 15.1. The first-order chi connectivity index (χ1) is 11.1. The lowest BCUT2D eigenvalue weighted by molar-refractivity contribution is 0.0972. The molecule has 24 heavy (non-hydrogen) atoms. The fourth-order valence-corrected chi connectivity index (χ4v) is 2.10. The number of primary amides is 1. The summed E-state index contributed by atoms with van der Waals surface area (Å²) in [6.45, 7) is 1.14. The molecule has 4 N–H and O–H groups in total. The van der Waals surface area contributed by atoms with Gasteiger partial charge in [0.2, 0.25) is 0 Å². The SMILES string of the molecule is CN=C(NCCc1ccc(Cl)cc1)NCc1ccc(C(N)=O)o1.I. The fraction of sp³-hybridized carbons (Fsp3) is 0.250. The van der Waals surface area contributed by atoms with Gasteiger partial charge in [-0.15, -0.1) is 24.0 Å². The van der Waals surface area contributed by atoms with Gasteiger partial charge in [0.15, 0.2) is 11.7 Å². The molecular formula is C16H20ClIN4O2. The van der Waals surface area contributed by atoms with E-state index in [1.807, 2.05) is 24.3 Å². The molecule has 0 spiro atoms.